The molecule has 0 bridgehead atoms. The predicted molar refractivity (Wildman–Crippen MR) is 84.8 cm³/mol. The highest BCUT2D eigenvalue weighted by Gasteiger charge is 2.37. The Kier molecular flexibility index (Phi) is 4.23. The van der Waals surface area contributed by atoms with E-state index < -0.39 is 9.84 Å². The summed E-state index contributed by atoms with van der Waals surface area (Å²) in [7, 11) is -2.82. The Morgan fingerprint density at radius 2 is 1.82 bits per heavy atom. The number of hydrogen-bond acceptors (Lipinski definition) is 3. The molecule has 0 aliphatic carbocycles. The van der Waals surface area contributed by atoms with E-state index in [-0.39, 0.29) is 11.9 Å². The Bertz CT molecular complexity index is 646. The van der Waals surface area contributed by atoms with E-state index in [9.17, 15) is 13.2 Å². The first kappa shape index (κ1) is 15.5. The van der Waals surface area contributed by atoms with Gasteiger partial charge in [0.1, 0.15) is 11.8 Å². The standard InChI is InChI=1S/C16H22N2O3S/c1-13-2-4-14(5-3-13)16(19)18-9-7-17(8-10-18)15-6-11-22(20,21)12-15/h2-5,15H,6-12H2,1H3/p+1/t15-/m1/s1. The Morgan fingerprint density at radius 1 is 1.18 bits per heavy atom. The number of piperazine rings is 1. The number of amides is 1. The molecule has 2 aliphatic heterocycles. The molecule has 1 aromatic carbocycles. The summed E-state index contributed by atoms with van der Waals surface area (Å²) < 4.78 is 23.2. The highest BCUT2D eigenvalue weighted by atomic mass is 32.2. The van der Waals surface area contributed by atoms with Crippen LogP contribution in [0.15, 0.2) is 24.3 Å². The smallest absolute Gasteiger partial charge is 0.254 e. The average molecular weight is 323 g/mol. The summed E-state index contributed by atoms with van der Waals surface area (Å²) in [6, 6.07) is 7.89. The van der Waals surface area contributed by atoms with Gasteiger partial charge in [-0.1, -0.05) is 17.7 Å². The lowest BCUT2D eigenvalue weighted by Gasteiger charge is -2.35. The fourth-order valence-electron chi connectivity index (χ4n) is 3.40. The average Bonchev–Trinajstić information content (AvgIpc) is 2.88. The SMILES string of the molecule is Cc1ccc(C(=O)N2CC[NH+]([C@@H]3CCS(=O)(=O)C3)CC2)cc1. The van der Waals surface area contributed by atoms with Crippen molar-refractivity contribution in [3.05, 3.63) is 35.4 Å². The van der Waals surface area contributed by atoms with Crippen LogP contribution in [0.25, 0.3) is 0 Å². The normalized spacial score (nSPS) is 25.3. The van der Waals surface area contributed by atoms with Crippen LogP contribution in [0.4, 0.5) is 0 Å². The van der Waals surface area contributed by atoms with Crippen molar-refractivity contribution in [1.29, 1.82) is 0 Å². The number of quaternary nitrogens is 1. The Hall–Kier alpha value is -1.40. The molecule has 3 rings (SSSR count). The van der Waals surface area contributed by atoms with Gasteiger partial charge in [0.2, 0.25) is 0 Å². The van der Waals surface area contributed by atoms with Crippen LogP contribution in [-0.4, -0.2) is 63.0 Å². The van der Waals surface area contributed by atoms with Crippen LogP contribution in [0.2, 0.25) is 0 Å². The molecule has 1 aromatic rings. The third-order valence-corrected chi connectivity index (χ3v) is 6.57. The first-order valence-electron chi connectivity index (χ1n) is 7.85. The number of aryl methyl sites for hydroxylation is 1. The number of benzene rings is 1. The molecule has 2 saturated heterocycles. The number of rotatable bonds is 2. The van der Waals surface area contributed by atoms with E-state index >= 15 is 0 Å². The van der Waals surface area contributed by atoms with Crippen LogP contribution in [0.3, 0.4) is 0 Å². The molecule has 5 nitrogen and oxygen atoms in total. The molecule has 0 unspecified atom stereocenters. The van der Waals surface area contributed by atoms with Crippen molar-refractivity contribution in [1.82, 2.24) is 4.90 Å². The summed E-state index contributed by atoms with van der Waals surface area (Å²) in [5.74, 6) is 0.722. The van der Waals surface area contributed by atoms with Gasteiger partial charge in [-0.25, -0.2) is 8.42 Å². The van der Waals surface area contributed by atoms with Crippen LogP contribution < -0.4 is 4.90 Å². The molecular weight excluding hydrogens is 300 g/mol. The minimum atomic E-state index is -2.82. The first-order chi connectivity index (χ1) is 10.4. The van der Waals surface area contributed by atoms with E-state index in [0.29, 0.717) is 24.6 Å². The molecule has 2 heterocycles. The van der Waals surface area contributed by atoms with Crippen molar-refractivity contribution >= 4 is 15.7 Å². The maximum atomic E-state index is 12.5. The Labute approximate surface area is 131 Å². The molecule has 1 amide bonds. The molecule has 6 heteroatoms. The fraction of sp³-hybridized carbons (Fsp3) is 0.562. The van der Waals surface area contributed by atoms with Crippen molar-refractivity contribution in [2.75, 3.05) is 37.7 Å². The summed E-state index contributed by atoms with van der Waals surface area (Å²) in [4.78, 5) is 15.7. The second kappa shape index (κ2) is 6.01. The number of carbonyl (C=O) groups is 1. The number of nitrogens with one attached hydrogen (secondary N) is 1. The highest BCUT2D eigenvalue weighted by Crippen LogP contribution is 2.11. The van der Waals surface area contributed by atoms with Crippen LogP contribution >= 0.6 is 0 Å². The third-order valence-electron chi connectivity index (χ3n) is 4.80. The fourth-order valence-corrected chi connectivity index (χ4v) is 5.23. The molecule has 0 aromatic heterocycles. The van der Waals surface area contributed by atoms with Gasteiger partial charge in [0.05, 0.1) is 31.9 Å². The predicted octanol–water partition coefficient (Wildman–Crippen LogP) is -0.477. The monoisotopic (exact) mass is 323 g/mol. The minimum absolute atomic E-state index is 0.0816. The zero-order valence-corrected chi connectivity index (χ0v) is 13.7. The Balaban J connectivity index is 1.57. The minimum Gasteiger partial charge on any atom is -0.329 e. The van der Waals surface area contributed by atoms with Crippen LogP contribution in [0.1, 0.15) is 22.3 Å². The van der Waals surface area contributed by atoms with Gasteiger partial charge < -0.3 is 9.80 Å². The maximum Gasteiger partial charge on any atom is 0.254 e. The molecule has 1 atom stereocenters. The van der Waals surface area contributed by atoms with Crippen molar-refractivity contribution in [3.63, 3.8) is 0 Å². The second-order valence-corrected chi connectivity index (χ2v) is 8.65. The lowest BCUT2D eigenvalue weighted by Crippen LogP contribution is -3.18. The third kappa shape index (κ3) is 3.33. The van der Waals surface area contributed by atoms with E-state index in [1.165, 1.54) is 4.90 Å². The van der Waals surface area contributed by atoms with Gasteiger partial charge in [-0.2, -0.15) is 0 Å². The summed E-state index contributed by atoms with van der Waals surface area (Å²) in [6.07, 6.45) is 0.767. The summed E-state index contributed by atoms with van der Waals surface area (Å²) in [6.45, 7) is 5.11. The van der Waals surface area contributed by atoms with Crippen LogP contribution in [0, 0.1) is 6.92 Å². The summed E-state index contributed by atoms with van der Waals surface area (Å²) in [5.41, 5.74) is 1.88. The molecule has 1 N–H and O–H groups in total. The van der Waals surface area contributed by atoms with E-state index in [2.05, 4.69) is 0 Å². The Morgan fingerprint density at radius 3 is 2.36 bits per heavy atom. The van der Waals surface area contributed by atoms with Gasteiger partial charge in [-0.3, -0.25) is 4.79 Å². The van der Waals surface area contributed by atoms with Crippen molar-refractivity contribution in [2.45, 2.75) is 19.4 Å². The summed E-state index contributed by atoms with van der Waals surface area (Å²) >= 11 is 0. The van der Waals surface area contributed by atoms with Gasteiger partial charge in [-0.15, -0.1) is 0 Å². The number of carbonyl (C=O) groups excluding carboxylic acids is 1. The topological polar surface area (TPSA) is 58.9 Å². The summed E-state index contributed by atoms with van der Waals surface area (Å²) in [5, 5.41) is 0. The first-order valence-corrected chi connectivity index (χ1v) is 9.68. The number of nitrogens with zero attached hydrogens (tertiary/aromatic N) is 1. The number of hydrogen-bond donors (Lipinski definition) is 1. The van der Waals surface area contributed by atoms with E-state index in [1.54, 1.807) is 0 Å². The van der Waals surface area contributed by atoms with Gasteiger partial charge in [0.25, 0.3) is 5.91 Å². The lowest BCUT2D eigenvalue weighted by molar-refractivity contribution is -0.925. The molecule has 0 radical (unpaired) electrons. The van der Waals surface area contributed by atoms with E-state index in [4.69, 9.17) is 0 Å². The van der Waals surface area contributed by atoms with Gasteiger partial charge in [0, 0.05) is 12.0 Å². The molecule has 0 spiro atoms. The van der Waals surface area contributed by atoms with E-state index in [1.807, 2.05) is 36.1 Å². The van der Waals surface area contributed by atoms with Crippen molar-refractivity contribution in [2.24, 2.45) is 0 Å². The molecule has 120 valence electrons. The van der Waals surface area contributed by atoms with Gasteiger partial charge in [0.15, 0.2) is 9.84 Å². The molecular formula is C16H23N2O3S+. The zero-order valence-electron chi connectivity index (χ0n) is 12.9. The van der Waals surface area contributed by atoms with Crippen molar-refractivity contribution in [3.8, 4) is 0 Å². The molecule has 22 heavy (non-hydrogen) atoms. The largest absolute Gasteiger partial charge is 0.329 e. The molecule has 0 saturated carbocycles. The molecule has 2 fully saturated rings. The quantitative estimate of drug-likeness (QED) is 0.800. The number of sulfone groups is 1. The molecule has 2 aliphatic rings. The van der Waals surface area contributed by atoms with Gasteiger partial charge in [-0.05, 0) is 19.1 Å². The maximum absolute atomic E-state index is 12.5. The lowest BCUT2D eigenvalue weighted by atomic mass is 10.1. The zero-order chi connectivity index (χ0) is 15.7. The highest BCUT2D eigenvalue weighted by molar-refractivity contribution is 7.91. The van der Waals surface area contributed by atoms with E-state index in [0.717, 1.165) is 30.6 Å². The van der Waals surface area contributed by atoms with Crippen LogP contribution in [-0.2, 0) is 9.84 Å². The second-order valence-electron chi connectivity index (χ2n) is 6.42. The van der Waals surface area contributed by atoms with Gasteiger partial charge >= 0.3 is 0 Å². The van der Waals surface area contributed by atoms with Crippen molar-refractivity contribution < 1.29 is 18.1 Å². The van der Waals surface area contributed by atoms with Crippen LogP contribution in [0.5, 0.6) is 0 Å².